The molecule has 60 heavy (non-hydrogen) atoms. The highest BCUT2D eigenvalue weighted by atomic mass is 16.7. The zero-order chi connectivity index (χ0) is 43.7. The van der Waals surface area contributed by atoms with Crippen molar-refractivity contribution in [1.29, 1.82) is 0 Å². The van der Waals surface area contributed by atoms with Gasteiger partial charge in [-0.05, 0) is 77.0 Å². The highest BCUT2D eigenvalue weighted by molar-refractivity contribution is 5.76. The third-order valence-electron chi connectivity index (χ3n) is 10.4. The Bertz CT molecular complexity index is 1250. The van der Waals surface area contributed by atoms with Crippen LogP contribution >= 0.6 is 0 Å². The molecule has 0 aromatic rings. The minimum atomic E-state index is -1.57. The molecule has 0 aromatic heterocycles. The normalized spacial score (nSPS) is 21.5. The zero-order valence-electron chi connectivity index (χ0n) is 37.4. The molecule has 0 saturated carbocycles. The number of amides is 1. The second-order valence-corrected chi connectivity index (χ2v) is 15.8. The number of aliphatic hydroxyl groups excluding tert-OH is 5. The lowest BCUT2D eigenvalue weighted by atomic mass is 9.99. The summed E-state index contributed by atoms with van der Waals surface area (Å²) in [5.74, 6) is -0.203. The molecule has 7 atom stereocenters. The number of carbonyl (C=O) groups is 1. The summed E-state index contributed by atoms with van der Waals surface area (Å²) < 4.78 is 11.2. The minimum Gasteiger partial charge on any atom is -0.394 e. The first-order chi connectivity index (χ1) is 29.3. The lowest BCUT2D eigenvalue weighted by Crippen LogP contribution is -2.60. The number of rotatable bonds is 37. The van der Waals surface area contributed by atoms with Gasteiger partial charge in [0.15, 0.2) is 6.29 Å². The summed E-state index contributed by atoms with van der Waals surface area (Å²) >= 11 is 0. The SMILES string of the molecule is CC/C=C\C/C=C\C/C=C\C/C=C\C/C=C\C/C=C\C/C=C\CCCCCCCC(=O)NC(COC1OC(CO)C(O)C(O)C1O)C(O)/C=C/CCCCCCCCCC. The fourth-order valence-electron chi connectivity index (χ4n) is 6.66. The second kappa shape index (κ2) is 40.2. The van der Waals surface area contributed by atoms with E-state index in [9.17, 15) is 30.3 Å². The Morgan fingerprint density at radius 1 is 0.583 bits per heavy atom. The predicted molar refractivity (Wildman–Crippen MR) is 248 cm³/mol. The van der Waals surface area contributed by atoms with Crippen LogP contribution in [0.5, 0.6) is 0 Å². The number of carbonyl (C=O) groups excluding carboxylic acids is 1. The first-order valence-electron chi connectivity index (χ1n) is 23.5. The molecule has 1 aliphatic heterocycles. The fourth-order valence-corrected chi connectivity index (χ4v) is 6.66. The van der Waals surface area contributed by atoms with Crippen LogP contribution in [0.15, 0.2) is 97.2 Å². The number of ether oxygens (including phenoxy) is 2. The molecule has 0 radical (unpaired) electrons. The molecule has 0 spiro atoms. The second-order valence-electron chi connectivity index (χ2n) is 15.8. The quantitative estimate of drug-likeness (QED) is 0.0268. The molecular weight excluding hydrogens is 755 g/mol. The molecule has 1 amide bonds. The first kappa shape index (κ1) is 55.1. The van der Waals surface area contributed by atoms with E-state index in [1.54, 1.807) is 6.08 Å². The van der Waals surface area contributed by atoms with Crippen molar-refractivity contribution in [2.75, 3.05) is 13.2 Å². The number of hydrogen-bond donors (Lipinski definition) is 6. The summed E-state index contributed by atoms with van der Waals surface area (Å²) in [6, 6.07) is -0.820. The van der Waals surface area contributed by atoms with E-state index in [1.807, 2.05) is 6.08 Å². The number of nitrogens with one attached hydrogen (secondary N) is 1. The van der Waals surface area contributed by atoms with Gasteiger partial charge in [-0.15, -0.1) is 0 Å². The Morgan fingerprint density at radius 3 is 1.53 bits per heavy atom. The van der Waals surface area contributed by atoms with E-state index in [-0.39, 0.29) is 12.5 Å². The van der Waals surface area contributed by atoms with Crippen LogP contribution in [-0.2, 0) is 14.3 Å². The maximum Gasteiger partial charge on any atom is 0.220 e. The van der Waals surface area contributed by atoms with E-state index < -0.39 is 49.5 Å². The predicted octanol–water partition coefficient (Wildman–Crippen LogP) is 10.1. The van der Waals surface area contributed by atoms with E-state index in [1.165, 1.54) is 38.5 Å². The van der Waals surface area contributed by atoms with E-state index in [0.29, 0.717) is 6.42 Å². The van der Waals surface area contributed by atoms with Gasteiger partial charge in [0.1, 0.15) is 24.4 Å². The monoisotopic (exact) mass is 840 g/mol. The van der Waals surface area contributed by atoms with Crippen molar-refractivity contribution in [3.63, 3.8) is 0 Å². The van der Waals surface area contributed by atoms with Crippen LogP contribution in [0.1, 0.15) is 162 Å². The molecule has 0 bridgehead atoms. The van der Waals surface area contributed by atoms with Gasteiger partial charge in [0, 0.05) is 6.42 Å². The highest BCUT2D eigenvalue weighted by Crippen LogP contribution is 2.22. The molecule has 1 aliphatic rings. The topological polar surface area (TPSA) is 149 Å². The Hall–Kier alpha value is -2.89. The van der Waals surface area contributed by atoms with Crippen molar-refractivity contribution in [3.05, 3.63) is 97.2 Å². The lowest BCUT2D eigenvalue weighted by molar-refractivity contribution is -0.302. The molecule has 1 fully saturated rings. The number of aliphatic hydroxyl groups is 5. The van der Waals surface area contributed by atoms with Gasteiger partial charge in [0.05, 0.1) is 25.4 Å². The van der Waals surface area contributed by atoms with Gasteiger partial charge in [-0.3, -0.25) is 4.79 Å². The van der Waals surface area contributed by atoms with Crippen molar-refractivity contribution in [2.24, 2.45) is 0 Å². The van der Waals surface area contributed by atoms with Crippen LogP contribution in [0.2, 0.25) is 0 Å². The highest BCUT2D eigenvalue weighted by Gasteiger charge is 2.44. The summed E-state index contributed by atoms with van der Waals surface area (Å²) in [5.41, 5.74) is 0. The smallest absolute Gasteiger partial charge is 0.220 e. The molecule has 7 unspecified atom stereocenters. The zero-order valence-corrected chi connectivity index (χ0v) is 37.4. The Morgan fingerprint density at radius 2 is 1.03 bits per heavy atom. The standard InChI is InChI=1S/C51H85NO8/c1-3-5-7-9-11-13-15-16-17-18-19-20-21-22-23-24-25-26-27-28-29-30-31-33-35-37-39-41-47(55)52-44(43-59-51-50(58)49(57)48(56)46(42-53)60-51)45(54)40-38-36-34-32-14-12-10-8-6-4-2/h5,7,11,13,16-17,19-20,22-23,25-26,28-29,38,40,44-46,48-51,53-54,56-58H,3-4,6,8-10,12,14-15,18,21,24,27,30-37,39,41-43H2,1-2H3,(H,52,55)/b7-5-,13-11-,17-16-,20-19-,23-22-,26-25-,29-28-,40-38+. The molecule has 1 rings (SSSR count). The van der Waals surface area contributed by atoms with E-state index >= 15 is 0 Å². The van der Waals surface area contributed by atoms with Gasteiger partial charge in [-0.25, -0.2) is 0 Å². The third kappa shape index (κ3) is 30.2. The van der Waals surface area contributed by atoms with Crippen molar-refractivity contribution >= 4 is 5.91 Å². The Kier molecular flexibility index (Phi) is 36.9. The summed E-state index contributed by atoms with van der Waals surface area (Å²) in [6.45, 7) is 3.60. The maximum atomic E-state index is 12.9. The number of unbranched alkanes of at least 4 members (excludes halogenated alkanes) is 13. The van der Waals surface area contributed by atoms with Crippen LogP contribution < -0.4 is 5.32 Å². The van der Waals surface area contributed by atoms with Gasteiger partial charge in [0.25, 0.3) is 0 Å². The number of hydrogen-bond acceptors (Lipinski definition) is 8. The molecule has 9 nitrogen and oxygen atoms in total. The van der Waals surface area contributed by atoms with Gasteiger partial charge in [-0.1, -0.05) is 175 Å². The van der Waals surface area contributed by atoms with Gasteiger partial charge < -0.3 is 40.3 Å². The number of allylic oxidation sites excluding steroid dienone is 15. The van der Waals surface area contributed by atoms with Gasteiger partial charge >= 0.3 is 0 Å². The summed E-state index contributed by atoms with van der Waals surface area (Å²) in [7, 11) is 0. The van der Waals surface area contributed by atoms with E-state index in [2.05, 4.69) is 104 Å². The maximum absolute atomic E-state index is 12.9. The molecule has 0 aliphatic carbocycles. The van der Waals surface area contributed by atoms with Crippen LogP contribution in [0.4, 0.5) is 0 Å². The summed E-state index contributed by atoms with van der Waals surface area (Å²) in [6.07, 6.45) is 50.3. The molecular formula is C51H85NO8. The van der Waals surface area contributed by atoms with Crippen molar-refractivity contribution < 1.29 is 39.8 Å². The summed E-state index contributed by atoms with van der Waals surface area (Å²) in [4.78, 5) is 12.9. The van der Waals surface area contributed by atoms with Crippen molar-refractivity contribution in [2.45, 2.75) is 204 Å². The summed E-state index contributed by atoms with van der Waals surface area (Å²) in [5, 5.41) is 54.1. The van der Waals surface area contributed by atoms with Crippen LogP contribution in [0.3, 0.4) is 0 Å². The molecule has 1 saturated heterocycles. The minimum absolute atomic E-state index is 0.203. The van der Waals surface area contributed by atoms with Crippen LogP contribution in [-0.4, -0.2) is 87.5 Å². The average molecular weight is 840 g/mol. The first-order valence-corrected chi connectivity index (χ1v) is 23.5. The Balaban J connectivity index is 2.29. The van der Waals surface area contributed by atoms with Gasteiger partial charge in [-0.2, -0.15) is 0 Å². The lowest BCUT2D eigenvalue weighted by Gasteiger charge is -2.40. The van der Waals surface area contributed by atoms with E-state index in [4.69, 9.17) is 9.47 Å². The molecule has 6 N–H and O–H groups in total. The van der Waals surface area contributed by atoms with E-state index in [0.717, 1.165) is 103 Å². The Labute approximate surface area is 364 Å². The molecule has 342 valence electrons. The van der Waals surface area contributed by atoms with Crippen molar-refractivity contribution in [3.8, 4) is 0 Å². The average Bonchev–Trinajstić information content (AvgIpc) is 3.25. The molecule has 9 heteroatoms. The van der Waals surface area contributed by atoms with Gasteiger partial charge in [0.2, 0.25) is 5.91 Å². The third-order valence-corrected chi connectivity index (χ3v) is 10.4. The molecule has 1 heterocycles. The molecule has 0 aromatic carbocycles. The fraction of sp³-hybridized carbons (Fsp3) is 0.667. The van der Waals surface area contributed by atoms with Crippen LogP contribution in [0.25, 0.3) is 0 Å². The van der Waals surface area contributed by atoms with Crippen molar-refractivity contribution in [1.82, 2.24) is 5.32 Å². The largest absolute Gasteiger partial charge is 0.394 e. The van der Waals surface area contributed by atoms with Crippen LogP contribution in [0, 0.1) is 0 Å².